The maximum absolute atomic E-state index is 13.9. The van der Waals surface area contributed by atoms with Crippen LogP contribution in [0.1, 0.15) is 44.9 Å². The first kappa shape index (κ1) is 28.6. The molecule has 0 amide bonds. The predicted octanol–water partition coefficient (Wildman–Crippen LogP) is 3.14. The number of aromatic nitrogens is 1. The standard InChI is InChI=1S/C29H30N2O8S/c1-7-37-23-13-18(9-12-21(23)39-17(4)32)14-24-27(33)31-26(20-11-10-19(35-5)15-22(20)36-6)25(28(34)38-8-2)16(3)30-29(31)40-24/h9-15,26H,7-8H2,1-6H3/b24-14-/t26-/m0/s1. The molecule has 0 spiro atoms. The van der Waals surface area contributed by atoms with E-state index in [2.05, 4.69) is 4.99 Å². The first-order chi connectivity index (χ1) is 19.2. The number of fused-ring (bicyclic) bond motifs is 1. The van der Waals surface area contributed by atoms with Gasteiger partial charge in [-0.1, -0.05) is 17.4 Å². The number of benzene rings is 2. The van der Waals surface area contributed by atoms with Crippen LogP contribution < -0.4 is 33.8 Å². The summed E-state index contributed by atoms with van der Waals surface area (Å²) in [6, 6.07) is 9.39. The first-order valence-corrected chi connectivity index (χ1v) is 13.4. The summed E-state index contributed by atoms with van der Waals surface area (Å²) in [6.45, 7) is 7.09. The van der Waals surface area contributed by atoms with Gasteiger partial charge in [0, 0.05) is 18.6 Å². The highest BCUT2D eigenvalue weighted by atomic mass is 32.1. The number of hydrogen-bond donors (Lipinski definition) is 0. The number of allylic oxidation sites excluding steroid dienone is 1. The topological polar surface area (TPSA) is 115 Å². The summed E-state index contributed by atoms with van der Waals surface area (Å²) in [7, 11) is 3.05. The van der Waals surface area contributed by atoms with Gasteiger partial charge >= 0.3 is 11.9 Å². The summed E-state index contributed by atoms with van der Waals surface area (Å²) in [5.74, 6) is 0.633. The van der Waals surface area contributed by atoms with Crippen LogP contribution in [0, 0.1) is 0 Å². The zero-order chi connectivity index (χ0) is 29.0. The van der Waals surface area contributed by atoms with E-state index in [1.54, 1.807) is 63.4 Å². The van der Waals surface area contributed by atoms with E-state index in [0.29, 0.717) is 50.0 Å². The molecule has 0 saturated carbocycles. The minimum atomic E-state index is -0.844. The Balaban J connectivity index is 1.93. The van der Waals surface area contributed by atoms with Crippen LogP contribution in [0.3, 0.4) is 0 Å². The van der Waals surface area contributed by atoms with Gasteiger partial charge in [-0.05, 0) is 56.7 Å². The molecule has 0 aliphatic carbocycles. The van der Waals surface area contributed by atoms with E-state index in [-0.39, 0.29) is 23.5 Å². The molecule has 1 aromatic heterocycles. The molecule has 0 bridgehead atoms. The molecule has 0 fully saturated rings. The van der Waals surface area contributed by atoms with Gasteiger partial charge in [0.25, 0.3) is 5.56 Å². The van der Waals surface area contributed by atoms with Crippen molar-refractivity contribution >= 4 is 29.4 Å². The Hall–Kier alpha value is -4.38. The summed E-state index contributed by atoms with van der Waals surface area (Å²) in [6.07, 6.45) is 1.70. The second-order valence-electron chi connectivity index (χ2n) is 8.64. The fraction of sp³-hybridized carbons (Fsp3) is 0.310. The van der Waals surface area contributed by atoms with Gasteiger partial charge in [0.2, 0.25) is 0 Å². The van der Waals surface area contributed by atoms with Crippen molar-refractivity contribution < 1.29 is 33.3 Å². The van der Waals surface area contributed by atoms with E-state index >= 15 is 0 Å². The van der Waals surface area contributed by atoms with Crippen molar-refractivity contribution in [3.8, 4) is 23.0 Å². The zero-order valence-electron chi connectivity index (χ0n) is 23.1. The third-order valence-corrected chi connectivity index (χ3v) is 7.05. The zero-order valence-corrected chi connectivity index (χ0v) is 23.9. The SMILES string of the molecule is CCOC(=O)C1=C(C)N=c2s/c(=C\c3ccc(OC(C)=O)c(OCC)c3)c(=O)n2[C@H]1c1ccc(OC)cc1OC. The molecule has 4 rings (SSSR count). The molecule has 0 radical (unpaired) electrons. The minimum Gasteiger partial charge on any atom is -0.497 e. The van der Waals surface area contributed by atoms with Gasteiger partial charge < -0.3 is 23.7 Å². The highest BCUT2D eigenvalue weighted by molar-refractivity contribution is 7.07. The molecule has 1 aliphatic rings. The van der Waals surface area contributed by atoms with Crippen LogP contribution in [-0.4, -0.2) is 43.9 Å². The number of nitrogens with zero attached hydrogens (tertiary/aromatic N) is 2. The van der Waals surface area contributed by atoms with Gasteiger partial charge in [-0.2, -0.15) is 0 Å². The molecule has 0 N–H and O–H groups in total. The number of rotatable bonds is 9. The second kappa shape index (κ2) is 12.2. The first-order valence-electron chi connectivity index (χ1n) is 12.6. The molecule has 10 nitrogen and oxygen atoms in total. The quantitative estimate of drug-likeness (QED) is 0.287. The summed E-state index contributed by atoms with van der Waals surface area (Å²) < 4.78 is 29.1. The van der Waals surface area contributed by atoms with Crippen LogP contribution in [0.15, 0.2) is 57.5 Å². The van der Waals surface area contributed by atoms with E-state index < -0.39 is 18.0 Å². The molecule has 1 aliphatic heterocycles. The van der Waals surface area contributed by atoms with E-state index in [1.807, 2.05) is 6.92 Å². The maximum atomic E-state index is 13.9. The Kier molecular flexibility index (Phi) is 8.73. The normalized spacial score (nSPS) is 14.8. The number of carbonyl (C=O) groups excluding carboxylic acids is 2. The third kappa shape index (κ3) is 5.64. The predicted molar refractivity (Wildman–Crippen MR) is 149 cm³/mol. The molecule has 3 aromatic rings. The van der Waals surface area contributed by atoms with E-state index in [0.717, 1.165) is 0 Å². The lowest BCUT2D eigenvalue weighted by Gasteiger charge is -2.26. The van der Waals surface area contributed by atoms with Gasteiger partial charge in [-0.15, -0.1) is 0 Å². The van der Waals surface area contributed by atoms with Crippen molar-refractivity contribution in [2.24, 2.45) is 4.99 Å². The van der Waals surface area contributed by atoms with Gasteiger partial charge in [0.05, 0.1) is 43.2 Å². The summed E-state index contributed by atoms with van der Waals surface area (Å²) in [4.78, 5) is 43.6. The Morgan fingerprint density at radius 1 is 1.02 bits per heavy atom. The van der Waals surface area contributed by atoms with E-state index in [9.17, 15) is 14.4 Å². The lowest BCUT2D eigenvalue weighted by Crippen LogP contribution is -2.40. The van der Waals surface area contributed by atoms with E-state index in [4.69, 9.17) is 23.7 Å². The van der Waals surface area contributed by atoms with Gasteiger partial charge in [0.1, 0.15) is 17.5 Å². The molecular weight excluding hydrogens is 536 g/mol. The van der Waals surface area contributed by atoms with Crippen LogP contribution >= 0.6 is 11.3 Å². The number of esters is 2. The number of ether oxygens (including phenoxy) is 5. The molecule has 40 heavy (non-hydrogen) atoms. The van der Waals surface area contributed by atoms with Crippen LogP contribution in [0.25, 0.3) is 6.08 Å². The average molecular weight is 567 g/mol. The molecular formula is C29H30N2O8S. The molecule has 1 atom stereocenters. The Bertz CT molecular complexity index is 1670. The molecule has 2 aromatic carbocycles. The molecule has 0 unspecified atom stereocenters. The summed E-state index contributed by atoms with van der Waals surface area (Å²) in [5.41, 5.74) is 1.58. The minimum absolute atomic E-state index is 0.165. The van der Waals surface area contributed by atoms with Gasteiger partial charge in [-0.3, -0.25) is 14.2 Å². The van der Waals surface area contributed by atoms with Crippen molar-refractivity contribution in [3.05, 3.63) is 78.5 Å². The number of hydrogen-bond acceptors (Lipinski definition) is 10. The van der Waals surface area contributed by atoms with Crippen LogP contribution in [-0.2, 0) is 14.3 Å². The molecule has 2 heterocycles. The van der Waals surface area contributed by atoms with Crippen molar-refractivity contribution in [2.45, 2.75) is 33.7 Å². The van der Waals surface area contributed by atoms with Crippen molar-refractivity contribution in [3.63, 3.8) is 0 Å². The van der Waals surface area contributed by atoms with Crippen molar-refractivity contribution in [1.29, 1.82) is 0 Å². The number of carbonyl (C=O) groups is 2. The highest BCUT2D eigenvalue weighted by Crippen LogP contribution is 2.37. The van der Waals surface area contributed by atoms with Crippen molar-refractivity contribution in [2.75, 3.05) is 27.4 Å². The van der Waals surface area contributed by atoms with Gasteiger partial charge in [0.15, 0.2) is 16.3 Å². The lowest BCUT2D eigenvalue weighted by atomic mass is 9.95. The van der Waals surface area contributed by atoms with Crippen molar-refractivity contribution in [1.82, 2.24) is 4.57 Å². The van der Waals surface area contributed by atoms with Gasteiger partial charge in [-0.25, -0.2) is 9.79 Å². The monoisotopic (exact) mass is 566 g/mol. The maximum Gasteiger partial charge on any atom is 0.338 e. The Morgan fingerprint density at radius 3 is 2.45 bits per heavy atom. The fourth-order valence-electron chi connectivity index (χ4n) is 4.40. The largest absolute Gasteiger partial charge is 0.497 e. The van der Waals surface area contributed by atoms with Crippen LogP contribution in [0.4, 0.5) is 0 Å². The average Bonchev–Trinajstić information content (AvgIpc) is 3.23. The number of thiazole rings is 1. The molecule has 0 saturated heterocycles. The summed E-state index contributed by atoms with van der Waals surface area (Å²) in [5, 5.41) is 0. The molecule has 11 heteroatoms. The Morgan fingerprint density at radius 2 is 1.80 bits per heavy atom. The third-order valence-electron chi connectivity index (χ3n) is 6.07. The van der Waals surface area contributed by atoms with Crippen LogP contribution in [0.5, 0.6) is 23.0 Å². The molecule has 210 valence electrons. The second-order valence-corrected chi connectivity index (χ2v) is 9.65. The number of methoxy groups -OCH3 is 2. The smallest absolute Gasteiger partial charge is 0.338 e. The summed E-state index contributed by atoms with van der Waals surface area (Å²) >= 11 is 1.19. The Labute approximate surface area is 234 Å². The fourth-order valence-corrected chi connectivity index (χ4v) is 5.45. The van der Waals surface area contributed by atoms with E-state index in [1.165, 1.54) is 29.9 Å². The highest BCUT2D eigenvalue weighted by Gasteiger charge is 2.35. The lowest BCUT2D eigenvalue weighted by molar-refractivity contribution is -0.139. The van der Waals surface area contributed by atoms with Crippen LogP contribution in [0.2, 0.25) is 0 Å².